The third-order valence-corrected chi connectivity index (χ3v) is 19.9. The van der Waals surface area contributed by atoms with Gasteiger partial charge in [-0.3, -0.25) is 70.4 Å². The highest BCUT2D eigenvalue weighted by atomic mass is 16.2. The van der Waals surface area contributed by atoms with Crippen molar-refractivity contribution in [3.63, 3.8) is 0 Å². The summed E-state index contributed by atoms with van der Waals surface area (Å²) in [6, 6.07) is 49.3. The summed E-state index contributed by atoms with van der Waals surface area (Å²) in [6.45, 7) is 10.7. The zero-order valence-corrected chi connectivity index (χ0v) is 66.7. The fraction of sp³-hybridized carbons (Fsp3) is 0.130. The zero-order chi connectivity index (χ0) is 84.1. The lowest BCUT2D eigenvalue weighted by Crippen LogP contribution is -2.32. The van der Waals surface area contributed by atoms with Gasteiger partial charge >= 0.3 is 0 Å². The van der Waals surface area contributed by atoms with Gasteiger partial charge in [0.2, 0.25) is 0 Å². The molecule has 29 nitrogen and oxygen atoms in total. The molecule has 0 aliphatic heterocycles. The monoisotopic (exact) mass is 1600 g/mol. The first-order valence-corrected chi connectivity index (χ1v) is 38.3. The minimum atomic E-state index is -0.612. The maximum Gasteiger partial charge on any atom is 0.272 e. The molecule has 592 valence electrons. The van der Waals surface area contributed by atoms with E-state index in [0.717, 1.165) is 22.1 Å². The standard InChI is InChI=1S/C32H25N7O2.2C30H24N8O2/c1-20-27(30-24(18-34-20)11-8-16-33-30)31(40)36-21(2)29-28(23-9-5-4-6-10-23)32(41)39-25(12-7-13-26(39)37-29)15-14-22-17-35-38(3)19-22;1-19(34-29(39)28-20(2)33-25-13-8-16-31-38(25)28)27-26(22-9-5-4-6-10-22)30(40)37-23(11-7-12-24(37)35-27)15-14-21-17-32-36(3)18-21;1-19-25(28-31-14-15-37(28)18-32-19)29(39)34-20(2)27-26(22-8-5-4-6-9-22)30(40)38-23(10-7-11-24(38)35-27)13-12-21-16-33-36(3)17-21/h4-13,16-19,21H,1-3H3,(H,36,40);4-13,16-19H,1-3H3,(H,34,39);4-11,14-18,20H,1-3H3,(H,34,39). The molecular weight excluding hydrogens is 1520 g/mol. The van der Waals surface area contributed by atoms with Crippen molar-refractivity contribution in [1.29, 1.82) is 0 Å². The molecule has 121 heavy (non-hydrogen) atoms. The summed E-state index contributed by atoms with van der Waals surface area (Å²) >= 11 is 0. The number of nitrogens with zero attached hydrogens (tertiary/aromatic N) is 20. The molecular formula is C92H73N23O6. The van der Waals surface area contributed by atoms with Crippen LogP contribution in [0.5, 0.6) is 0 Å². The van der Waals surface area contributed by atoms with E-state index in [0.29, 0.717) is 135 Å². The molecule has 3 atom stereocenters. The summed E-state index contributed by atoms with van der Waals surface area (Å²) in [5.74, 6) is 17.4. The van der Waals surface area contributed by atoms with E-state index >= 15 is 0 Å². The Labute approximate surface area is 689 Å². The minimum Gasteiger partial charge on any atom is -0.344 e. The van der Waals surface area contributed by atoms with Gasteiger partial charge in [0.1, 0.15) is 45.9 Å². The Morgan fingerprint density at radius 1 is 0.380 bits per heavy atom. The first-order chi connectivity index (χ1) is 58.7. The minimum absolute atomic E-state index is 0.280. The van der Waals surface area contributed by atoms with Crippen molar-refractivity contribution < 1.29 is 14.4 Å². The maximum absolute atomic E-state index is 14.2. The molecule has 3 N–H and O–H groups in total. The van der Waals surface area contributed by atoms with Crippen LogP contribution < -0.4 is 32.6 Å². The lowest BCUT2D eigenvalue weighted by molar-refractivity contribution is 0.0925. The number of nitrogens with one attached hydrogen (secondary N) is 3. The van der Waals surface area contributed by atoms with Gasteiger partial charge in [-0.25, -0.2) is 34.4 Å². The van der Waals surface area contributed by atoms with Crippen LogP contribution in [-0.4, -0.2) is 114 Å². The Bertz CT molecular complexity index is 7530. The van der Waals surface area contributed by atoms with Crippen molar-refractivity contribution in [3.8, 4) is 68.9 Å². The van der Waals surface area contributed by atoms with E-state index in [1.165, 1.54) is 17.7 Å². The van der Waals surface area contributed by atoms with E-state index in [2.05, 4.69) is 96.8 Å². The number of benzene rings is 3. The molecule has 18 aromatic rings. The van der Waals surface area contributed by atoms with Crippen LogP contribution in [0.3, 0.4) is 0 Å². The van der Waals surface area contributed by atoms with E-state index in [9.17, 15) is 28.8 Å². The quantitative estimate of drug-likeness (QED) is 0.0957. The summed E-state index contributed by atoms with van der Waals surface area (Å²) in [5, 5.41) is 26.6. The summed E-state index contributed by atoms with van der Waals surface area (Å²) in [5.41, 5.74) is 13.1. The number of hydrogen-bond acceptors (Lipinski definition) is 18. The Kier molecular flexibility index (Phi) is 21.7. The topological polar surface area (TPSA) is 330 Å². The zero-order valence-electron chi connectivity index (χ0n) is 66.7. The number of fused-ring (bicyclic) bond motifs is 6. The number of aromatic nitrogens is 20. The Morgan fingerprint density at radius 2 is 0.793 bits per heavy atom. The summed E-state index contributed by atoms with van der Waals surface area (Å²) in [4.78, 5) is 120. The smallest absolute Gasteiger partial charge is 0.272 e. The van der Waals surface area contributed by atoms with Crippen molar-refractivity contribution in [1.82, 2.24) is 112 Å². The number of aryl methyl sites for hydroxylation is 6. The number of rotatable bonds is 12. The molecule has 15 heterocycles. The highest BCUT2D eigenvalue weighted by Crippen LogP contribution is 2.31. The van der Waals surface area contributed by atoms with Gasteiger partial charge in [0, 0.05) is 76.1 Å². The van der Waals surface area contributed by atoms with Crippen molar-refractivity contribution in [3.05, 3.63) is 360 Å². The molecule has 0 aliphatic rings. The number of amides is 3. The number of imidazole rings is 2. The van der Waals surface area contributed by atoms with Crippen LogP contribution in [0.4, 0.5) is 0 Å². The lowest BCUT2D eigenvalue weighted by Gasteiger charge is -2.19. The lowest BCUT2D eigenvalue weighted by atomic mass is 10.0. The second-order valence-corrected chi connectivity index (χ2v) is 28.3. The molecule has 0 saturated heterocycles. The fourth-order valence-corrected chi connectivity index (χ4v) is 14.2. The summed E-state index contributed by atoms with van der Waals surface area (Å²) < 4.78 is 12.7. The molecule has 0 bridgehead atoms. The molecule has 0 radical (unpaired) electrons. The predicted molar refractivity (Wildman–Crippen MR) is 456 cm³/mol. The van der Waals surface area contributed by atoms with Crippen LogP contribution in [0.15, 0.2) is 259 Å². The third kappa shape index (κ3) is 16.0. The maximum atomic E-state index is 14.2. The molecule has 18 rings (SSSR count). The second-order valence-electron chi connectivity index (χ2n) is 28.3. The Hall–Kier alpha value is -16.7. The van der Waals surface area contributed by atoms with Crippen LogP contribution in [0.1, 0.15) is 138 Å². The molecule has 0 saturated carbocycles. The third-order valence-electron chi connectivity index (χ3n) is 19.9. The first kappa shape index (κ1) is 78.2. The molecule has 15 aromatic heterocycles. The number of pyridine rings is 5. The van der Waals surface area contributed by atoms with Gasteiger partial charge < -0.3 is 16.0 Å². The van der Waals surface area contributed by atoms with Crippen LogP contribution in [0.25, 0.3) is 72.5 Å². The van der Waals surface area contributed by atoms with E-state index in [-0.39, 0.29) is 34.4 Å². The fourth-order valence-electron chi connectivity index (χ4n) is 14.2. The molecule has 3 amide bonds. The molecule has 3 aromatic carbocycles. The molecule has 3 unspecified atom stereocenters. The predicted octanol–water partition coefficient (Wildman–Crippen LogP) is 10.9. The van der Waals surface area contributed by atoms with Gasteiger partial charge in [-0.2, -0.15) is 20.4 Å². The normalized spacial score (nSPS) is 11.7. The van der Waals surface area contributed by atoms with Crippen LogP contribution >= 0.6 is 0 Å². The van der Waals surface area contributed by atoms with Crippen LogP contribution in [-0.2, 0) is 21.1 Å². The van der Waals surface area contributed by atoms with Crippen molar-refractivity contribution in [2.75, 3.05) is 0 Å². The second kappa shape index (κ2) is 33.6. The summed E-state index contributed by atoms with van der Waals surface area (Å²) in [6.07, 6.45) is 20.3. The average molecular weight is 1600 g/mol. The Balaban J connectivity index is 0.000000135. The molecule has 0 aliphatic carbocycles. The van der Waals surface area contributed by atoms with Gasteiger partial charge in [0.15, 0.2) is 17.0 Å². The number of hydrogen-bond donors (Lipinski definition) is 3. The average Bonchev–Trinajstić information content (AvgIpc) is 1.74. The van der Waals surface area contributed by atoms with E-state index in [4.69, 9.17) is 15.0 Å². The number of carbonyl (C=O) groups excluding carboxylic acids is 3. The van der Waals surface area contributed by atoms with Crippen molar-refractivity contribution >= 4 is 56.9 Å². The van der Waals surface area contributed by atoms with Gasteiger partial charge in [-0.1, -0.05) is 127 Å². The van der Waals surface area contributed by atoms with Gasteiger partial charge in [-0.05, 0) is 137 Å². The molecule has 0 spiro atoms. The van der Waals surface area contributed by atoms with Gasteiger partial charge in [0.05, 0.1) is 115 Å². The highest BCUT2D eigenvalue weighted by Gasteiger charge is 2.29. The Morgan fingerprint density at radius 3 is 1.23 bits per heavy atom. The molecule has 29 heteroatoms. The highest BCUT2D eigenvalue weighted by molar-refractivity contribution is 6.06. The van der Waals surface area contributed by atoms with Crippen LogP contribution in [0.2, 0.25) is 0 Å². The van der Waals surface area contributed by atoms with Gasteiger partial charge in [-0.15, -0.1) is 0 Å². The number of carbonyl (C=O) groups is 3. The van der Waals surface area contributed by atoms with E-state index in [1.807, 2.05) is 132 Å². The largest absolute Gasteiger partial charge is 0.344 e. The van der Waals surface area contributed by atoms with E-state index in [1.54, 1.807) is 193 Å². The molecule has 0 fully saturated rings. The van der Waals surface area contributed by atoms with Crippen molar-refractivity contribution in [2.24, 2.45) is 21.1 Å². The van der Waals surface area contributed by atoms with E-state index < -0.39 is 18.1 Å². The first-order valence-electron chi connectivity index (χ1n) is 38.3. The van der Waals surface area contributed by atoms with Gasteiger partial charge in [0.25, 0.3) is 34.4 Å². The van der Waals surface area contributed by atoms with Crippen LogP contribution in [0, 0.1) is 56.3 Å². The summed E-state index contributed by atoms with van der Waals surface area (Å²) in [7, 11) is 5.46. The van der Waals surface area contributed by atoms with Crippen molar-refractivity contribution in [2.45, 2.75) is 59.7 Å². The SMILES string of the molecule is Cc1nc2cccnn2c1C(=O)NC(C)c1nc2cccc(C#Cc3cnn(C)c3)n2c(=O)c1-c1ccccc1.Cc1ncc2cccnc2c1C(=O)NC(C)c1nc2cccc(C#Cc3cnn(C)c3)n2c(=O)c1-c1ccccc1.Cc1ncn2ccnc2c1C(=O)NC(C)c1nc2cccc(C#Cc3cnn(C)c3)n2c(=O)c1-c1ccccc1.